The molecule has 1 N–H and O–H groups in total. The van der Waals surface area contributed by atoms with Gasteiger partial charge >= 0.3 is 5.97 Å². The van der Waals surface area contributed by atoms with Gasteiger partial charge in [0.25, 0.3) is 0 Å². The highest BCUT2D eigenvalue weighted by Gasteiger charge is 2.19. The summed E-state index contributed by atoms with van der Waals surface area (Å²) in [5, 5.41) is 2.95. The van der Waals surface area contributed by atoms with Gasteiger partial charge in [0, 0.05) is 5.69 Å². The number of rotatable bonds is 6. The second-order valence-corrected chi connectivity index (χ2v) is 5.61. The molecule has 0 aliphatic carbocycles. The number of ether oxygens (including phenoxy) is 1. The summed E-state index contributed by atoms with van der Waals surface area (Å²) in [4.78, 5) is 24.5. The van der Waals surface area contributed by atoms with Crippen LogP contribution >= 0.6 is 0 Å². The van der Waals surface area contributed by atoms with Crippen molar-refractivity contribution in [3.63, 3.8) is 0 Å². The highest BCUT2D eigenvalue weighted by atomic mass is 16.5. The summed E-state index contributed by atoms with van der Waals surface area (Å²) >= 11 is 0. The molecule has 0 fully saturated rings. The van der Waals surface area contributed by atoms with Crippen molar-refractivity contribution in [2.45, 2.75) is 33.1 Å². The average molecular weight is 325 g/mol. The molecule has 1 unspecified atom stereocenters. The Morgan fingerprint density at radius 3 is 2.42 bits per heavy atom. The number of carbonyl (C=O) groups excluding carboxylic acids is 2. The van der Waals surface area contributed by atoms with Gasteiger partial charge in [-0.2, -0.15) is 0 Å². The predicted molar refractivity (Wildman–Crippen MR) is 95.2 cm³/mol. The molecule has 0 radical (unpaired) electrons. The van der Waals surface area contributed by atoms with Gasteiger partial charge in [-0.15, -0.1) is 0 Å². The lowest BCUT2D eigenvalue weighted by atomic mass is 9.95. The van der Waals surface area contributed by atoms with E-state index in [1.807, 2.05) is 50.2 Å². The zero-order chi connectivity index (χ0) is 17.5. The number of esters is 1. The number of hydrogen-bond acceptors (Lipinski definition) is 3. The molecule has 4 nitrogen and oxygen atoms in total. The molecule has 0 bridgehead atoms. The topological polar surface area (TPSA) is 55.4 Å². The molecule has 0 aliphatic rings. The molecule has 0 heterocycles. The van der Waals surface area contributed by atoms with E-state index in [0.717, 1.165) is 11.1 Å². The molecule has 24 heavy (non-hydrogen) atoms. The lowest BCUT2D eigenvalue weighted by molar-refractivity contribution is -0.117. The van der Waals surface area contributed by atoms with Crippen LogP contribution in [-0.2, 0) is 9.53 Å². The average Bonchev–Trinajstić information content (AvgIpc) is 2.58. The quantitative estimate of drug-likeness (QED) is 0.805. The summed E-state index contributed by atoms with van der Waals surface area (Å²) in [7, 11) is 0. The van der Waals surface area contributed by atoms with Gasteiger partial charge in [0.2, 0.25) is 5.91 Å². The molecule has 4 heteroatoms. The maximum atomic E-state index is 12.7. The minimum atomic E-state index is -0.386. The van der Waals surface area contributed by atoms with Crippen LogP contribution in [0.2, 0.25) is 0 Å². The van der Waals surface area contributed by atoms with Gasteiger partial charge in [0.05, 0.1) is 18.1 Å². The summed E-state index contributed by atoms with van der Waals surface area (Å²) < 4.78 is 5.01. The maximum Gasteiger partial charge on any atom is 0.338 e. The number of benzene rings is 2. The number of nitrogens with one attached hydrogen (secondary N) is 1. The van der Waals surface area contributed by atoms with Crippen molar-refractivity contribution in [3.8, 4) is 0 Å². The fraction of sp³-hybridized carbons (Fsp3) is 0.300. The van der Waals surface area contributed by atoms with E-state index in [2.05, 4.69) is 5.32 Å². The van der Waals surface area contributed by atoms with Crippen LogP contribution in [0.4, 0.5) is 5.69 Å². The van der Waals surface area contributed by atoms with Gasteiger partial charge in [-0.3, -0.25) is 4.79 Å². The molecule has 2 rings (SSSR count). The van der Waals surface area contributed by atoms with Gasteiger partial charge in [-0.05, 0) is 43.5 Å². The Hall–Kier alpha value is -2.62. The lowest BCUT2D eigenvalue weighted by Crippen LogP contribution is -2.21. The van der Waals surface area contributed by atoms with Crippen LogP contribution in [-0.4, -0.2) is 18.5 Å². The van der Waals surface area contributed by atoms with Gasteiger partial charge < -0.3 is 10.1 Å². The normalized spacial score (nSPS) is 11.6. The highest BCUT2D eigenvalue weighted by molar-refractivity contribution is 5.98. The van der Waals surface area contributed by atoms with Gasteiger partial charge in [-0.25, -0.2) is 4.79 Å². The second-order valence-electron chi connectivity index (χ2n) is 5.61. The molecule has 2 aromatic carbocycles. The fourth-order valence-corrected chi connectivity index (χ4v) is 2.58. The summed E-state index contributed by atoms with van der Waals surface area (Å²) in [5.41, 5.74) is 2.96. The summed E-state index contributed by atoms with van der Waals surface area (Å²) in [5.74, 6) is -0.687. The molecular formula is C20H23NO3. The molecular weight excluding hydrogens is 302 g/mol. The molecule has 126 valence electrons. The summed E-state index contributed by atoms with van der Waals surface area (Å²) in [6.07, 6.45) is 0.701. The number of hydrogen-bond donors (Lipinski definition) is 1. The minimum Gasteiger partial charge on any atom is -0.462 e. The molecule has 1 atom stereocenters. The molecule has 0 spiro atoms. The Balaban J connectivity index is 2.21. The van der Waals surface area contributed by atoms with E-state index >= 15 is 0 Å². The van der Waals surface area contributed by atoms with Crippen LogP contribution in [0.15, 0.2) is 48.5 Å². The first-order chi connectivity index (χ1) is 11.6. The third-order valence-corrected chi connectivity index (χ3v) is 3.93. The Morgan fingerprint density at radius 1 is 1.08 bits per heavy atom. The number of amides is 1. The zero-order valence-electron chi connectivity index (χ0n) is 14.3. The molecule has 0 aromatic heterocycles. The monoisotopic (exact) mass is 325 g/mol. The first kappa shape index (κ1) is 17.7. The van der Waals surface area contributed by atoms with Crippen molar-refractivity contribution in [1.82, 2.24) is 0 Å². The largest absolute Gasteiger partial charge is 0.462 e. The smallest absolute Gasteiger partial charge is 0.338 e. The van der Waals surface area contributed by atoms with E-state index in [1.54, 1.807) is 19.1 Å². The highest BCUT2D eigenvalue weighted by Crippen LogP contribution is 2.24. The zero-order valence-corrected chi connectivity index (χ0v) is 14.3. The van der Waals surface area contributed by atoms with E-state index < -0.39 is 0 Å². The third kappa shape index (κ3) is 4.22. The van der Waals surface area contributed by atoms with Crippen molar-refractivity contribution in [1.29, 1.82) is 0 Å². The molecule has 2 aromatic rings. The molecule has 0 aliphatic heterocycles. The van der Waals surface area contributed by atoms with E-state index in [4.69, 9.17) is 4.74 Å². The Kier molecular flexibility index (Phi) is 6.13. The number of anilines is 1. The molecule has 1 amide bonds. The van der Waals surface area contributed by atoms with Gasteiger partial charge in [0.15, 0.2) is 0 Å². The maximum absolute atomic E-state index is 12.7. The SMILES string of the molecule is CCOC(=O)c1ccc(C)c(NC(=O)C(CC)c2ccccc2)c1. The fourth-order valence-electron chi connectivity index (χ4n) is 2.58. The van der Waals surface area contributed by atoms with Crippen molar-refractivity contribution < 1.29 is 14.3 Å². The van der Waals surface area contributed by atoms with Crippen molar-refractivity contribution in [3.05, 3.63) is 65.2 Å². The standard InChI is InChI=1S/C20H23NO3/c1-4-17(15-9-7-6-8-10-15)19(22)21-18-13-16(12-11-14(18)3)20(23)24-5-2/h6-13,17H,4-5H2,1-3H3,(H,21,22). The Labute approximate surface area is 142 Å². The Morgan fingerprint density at radius 2 is 1.79 bits per heavy atom. The first-order valence-corrected chi connectivity index (χ1v) is 8.20. The summed E-state index contributed by atoms with van der Waals surface area (Å²) in [6, 6.07) is 14.9. The Bertz CT molecular complexity index is 710. The van der Waals surface area contributed by atoms with E-state index in [-0.39, 0.29) is 17.8 Å². The van der Waals surface area contributed by atoms with Crippen molar-refractivity contribution >= 4 is 17.6 Å². The van der Waals surface area contributed by atoms with E-state index in [1.165, 1.54) is 0 Å². The predicted octanol–water partition coefficient (Wildman–Crippen LogP) is 4.30. The molecule has 0 saturated carbocycles. The third-order valence-electron chi connectivity index (χ3n) is 3.93. The van der Waals surface area contributed by atoms with E-state index in [9.17, 15) is 9.59 Å². The number of carbonyl (C=O) groups is 2. The molecule has 0 saturated heterocycles. The van der Waals surface area contributed by atoms with Crippen LogP contribution in [0.25, 0.3) is 0 Å². The van der Waals surface area contributed by atoms with Crippen molar-refractivity contribution in [2.24, 2.45) is 0 Å². The van der Waals surface area contributed by atoms with Gasteiger partial charge in [-0.1, -0.05) is 43.3 Å². The number of aryl methyl sites for hydroxylation is 1. The van der Waals surface area contributed by atoms with Gasteiger partial charge in [0.1, 0.15) is 0 Å². The van der Waals surface area contributed by atoms with Crippen molar-refractivity contribution in [2.75, 3.05) is 11.9 Å². The van der Waals surface area contributed by atoms with Crippen LogP contribution in [0.5, 0.6) is 0 Å². The lowest BCUT2D eigenvalue weighted by Gasteiger charge is -2.17. The van der Waals surface area contributed by atoms with E-state index in [0.29, 0.717) is 24.3 Å². The van der Waals surface area contributed by atoms with Crippen LogP contribution in [0.3, 0.4) is 0 Å². The van der Waals surface area contributed by atoms with Crippen LogP contribution in [0, 0.1) is 6.92 Å². The van der Waals surface area contributed by atoms with Crippen LogP contribution < -0.4 is 5.32 Å². The minimum absolute atomic E-state index is 0.0761. The van der Waals surface area contributed by atoms with Crippen LogP contribution in [0.1, 0.15) is 47.7 Å². The second kappa shape index (κ2) is 8.29. The summed E-state index contributed by atoms with van der Waals surface area (Å²) in [6.45, 7) is 5.97. The first-order valence-electron chi connectivity index (χ1n) is 8.20.